The zero-order valence-corrected chi connectivity index (χ0v) is 14.2. The van der Waals surface area contributed by atoms with Crippen molar-refractivity contribution in [3.8, 4) is 5.75 Å². The van der Waals surface area contributed by atoms with Crippen molar-refractivity contribution in [3.63, 3.8) is 0 Å². The summed E-state index contributed by atoms with van der Waals surface area (Å²) in [6.07, 6.45) is 0. The first-order valence-corrected chi connectivity index (χ1v) is 9.06. The van der Waals surface area contributed by atoms with E-state index in [1.54, 1.807) is 6.07 Å². The van der Waals surface area contributed by atoms with E-state index in [0.29, 0.717) is 15.8 Å². The highest BCUT2D eigenvalue weighted by molar-refractivity contribution is 9.10. The lowest BCUT2D eigenvalue weighted by molar-refractivity contribution is 0.304. The highest BCUT2D eigenvalue weighted by atomic mass is 79.9. The highest BCUT2D eigenvalue weighted by Gasteiger charge is 2.12. The Morgan fingerprint density at radius 1 is 1.19 bits per heavy atom. The third kappa shape index (κ3) is 4.32. The van der Waals surface area contributed by atoms with Crippen molar-refractivity contribution < 1.29 is 17.5 Å². The Morgan fingerprint density at radius 2 is 1.90 bits per heavy atom. The van der Waals surface area contributed by atoms with Crippen LogP contribution in [0, 0.1) is 5.82 Å². The van der Waals surface area contributed by atoms with Gasteiger partial charge >= 0.3 is 0 Å². The Balaban J connectivity index is 2.15. The normalized spacial score (nSPS) is 11.4. The maximum atomic E-state index is 13.0. The topological polar surface area (TPSA) is 43.4 Å². The molecule has 0 saturated carbocycles. The van der Waals surface area contributed by atoms with Crippen LogP contribution in [0.15, 0.2) is 45.8 Å². The van der Waals surface area contributed by atoms with E-state index >= 15 is 0 Å². The fraction of sp³-hybridized carbons (Fsp3) is 0.0769. The van der Waals surface area contributed by atoms with E-state index in [-0.39, 0.29) is 16.5 Å². The maximum Gasteiger partial charge on any atom is 0.261 e. The molecule has 8 heteroatoms. The second kappa shape index (κ2) is 6.52. The summed E-state index contributed by atoms with van der Waals surface area (Å²) in [7, 11) is 1.46. The molecule has 0 aliphatic heterocycles. The molecule has 0 bridgehead atoms. The van der Waals surface area contributed by atoms with Gasteiger partial charge in [-0.15, -0.1) is 0 Å². The molecule has 2 aromatic rings. The lowest BCUT2D eigenvalue weighted by Crippen LogP contribution is -1.98. The van der Waals surface area contributed by atoms with Crippen LogP contribution in [0.2, 0.25) is 5.02 Å². The monoisotopic (exact) mass is 412 g/mol. The predicted octanol–water partition coefficient (Wildman–Crippen LogP) is 4.75. The van der Waals surface area contributed by atoms with Gasteiger partial charge < -0.3 is 4.74 Å². The molecule has 21 heavy (non-hydrogen) atoms. The molecule has 0 N–H and O–H groups in total. The van der Waals surface area contributed by atoms with Crippen molar-refractivity contribution in [3.05, 3.63) is 57.3 Å². The molecule has 0 aromatic heterocycles. The molecule has 0 heterocycles. The lowest BCUT2D eigenvalue weighted by atomic mass is 10.2. The van der Waals surface area contributed by atoms with Crippen molar-refractivity contribution in [2.24, 2.45) is 0 Å². The Morgan fingerprint density at radius 3 is 2.48 bits per heavy atom. The van der Waals surface area contributed by atoms with Gasteiger partial charge in [0, 0.05) is 10.7 Å². The molecule has 2 rings (SSSR count). The van der Waals surface area contributed by atoms with Gasteiger partial charge in [0.2, 0.25) is 0 Å². The zero-order valence-electron chi connectivity index (χ0n) is 10.3. The lowest BCUT2D eigenvalue weighted by Gasteiger charge is -2.09. The summed E-state index contributed by atoms with van der Waals surface area (Å²) in [6, 6.07) is 8.41. The molecule has 112 valence electrons. The highest BCUT2D eigenvalue weighted by Crippen LogP contribution is 2.30. The van der Waals surface area contributed by atoms with E-state index in [9.17, 15) is 12.8 Å². The average Bonchev–Trinajstić information content (AvgIpc) is 2.40. The summed E-state index contributed by atoms with van der Waals surface area (Å²) in [5, 5.41) is 0.0127. The predicted molar refractivity (Wildman–Crippen MR) is 82.9 cm³/mol. The van der Waals surface area contributed by atoms with Crippen LogP contribution in [-0.4, -0.2) is 8.42 Å². The van der Waals surface area contributed by atoms with E-state index in [1.807, 2.05) is 0 Å². The molecular weight excluding hydrogens is 406 g/mol. The van der Waals surface area contributed by atoms with Crippen LogP contribution in [-0.2, 0) is 15.7 Å². The Bertz CT molecular complexity index is 781. The maximum absolute atomic E-state index is 13.0. The van der Waals surface area contributed by atoms with Gasteiger partial charge in [0.15, 0.2) is 0 Å². The molecular formula is C13H8BrCl2FO3S. The van der Waals surface area contributed by atoms with E-state index in [0.717, 1.165) is 0 Å². The summed E-state index contributed by atoms with van der Waals surface area (Å²) in [5.74, 6) is -0.0715. The third-order valence-corrected chi connectivity index (χ3v) is 4.82. The second-order valence-corrected chi connectivity index (χ2v) is 7.89. The van der Waals surface area contributed by atoms with Gasteiger partial charge in [0.1, 0.15) is 18.2 Å². The summed E-state index contributed by atoms with van der Waals surface area (Å²) in [5.41, 5.74) is 0.683. The van der Waals surface area contributed by atoms with Gasteiger partial charge in [-0.3, -0.25) is 0 Å². The van der Waals surface area contributed by atoms with Crippen LogP contribution >= 0.6 is 38.2 Å². The molecule has 0 radical (unpaired) electrons. The number of ether oxygens (including phenoxy) is 1. The number of benzene rings is 2. The summed E-state index contributed by atoms with van der Waals surface area (Å²) in [6.45, 7) is 0.158. The van der Waals surface area contributed by atoms with Gasteiger partial charge in [-0.25, -0.2) is 12.8 Å². The van der Waals surface area contributed by atoms with E-state index < -0.39 is 14.9 Å². The standard InChI is InChI=1S/C13H8BrCl2FO3S/c14-10-6-9(21(16,18)19)2-4-13(10)20-7-8-1-3-12(17)11(15)5-8/h1-6H,7H2. The molecule has 3 nitrogen and oxygen atoms in total. The van der Waals surface area contributed by atoms with Crippen LogP contribution in [0.3, 0.4) is 0 Å². The largest absolute Gasteiger partial charge is 0.488 e. The molecule has 0 spiro atoms. The SMILES string of the molecule is O=S(=O)(Cl)c1ccc(OCc2ccc(F)c(Cl)c2)c(Br)c1. The first-order chi connectivity index (χ1) is 9.77. The quantitative estimate of drug-likeness (QED) is 0.679. The molecule has 0 amide bonds. The minimum atomic E-state index is -3.79. The number of hydrogen-bond donors (Lipinski definition) is 0. The Hall–Kier alpha value is -0.820. The van der Waals surface area contributed by atoms with Crippen molar-refractivity contribution in [2.45, 2.75) is 11.5 Å². The van der Waals surface area contributed by atoms with Gasteiger partial charge in [-0.05, 0) is 51.8 Å². The molecule has 0 aliphatic carbocycles. The van der Waals surface area contributed by atoms with E-state index in [4.69, 9.17) is 27.0 Å². The Kier molecular flexibility index (Phi) is 5.14. The molecule has 2 aromatic carbocycles. The first kappa shape index (κ1) is 16.5. The fourth-order valence-electron chi connectivity index (χ4n) is 1.54. The molecule has 0 aliphatic rings. The minimum Gasteiger partial charge on any atom is -0.488 e. The number of rotatable bonds is 4. The van der Waals surface area contributed by atoms with Crippen molar-refractivity contribution >= 4 is 47.3 Å². The van der Waals surface area contributed by atoms with Crippen LogP contribution in [0.4, 0.5) is 4.39 Å². The van der Waals surface area contributed by atoms with E-state index in [2.05, 4.69) is 15.9 Å². The number of halogens is 4. The van der Waals surface area contributed by atoms with Crippen molar-refractivity contribution in [2.75, 3.05) is 0 Å². The second-order valence-electron chi connectivity index (χ2n) is 4.07. The summed E-state index contributed by atoms with van der Waals surface area (Å²) >= 11 is 8.88. The van der Waals surface area contributed by atoms with Gasteiger partial charge in [-0.1, -0.05) is 17.7 Å². The summed E-state index contributed by atoms with van der Waals surface area (Å²) < 4.78 is 41.4. The third-order valence-electron chi connectivity index (χ3n) is 2.56. The van der Waals surface area contributed by atoms with Gasteiger partial charge in [0.05, 0.1) is 14.4 Å². The molecule has 0 fully saturated rings. The van der Waals surface area contributed by atoms with Gasteiger partial charge in [-0.2, -0.15) is 0 Å². The minimum absolute atomic E-state index is 0.0127. The molecule has 0 unspecified atom stereocenters. The van der Waals surface area contributed by atoms with Crippen LogP contribution in [0.1, 0.15) is 5.56 Å². The van der Waals surface area contributed by atoms with Crippen molar-refractivity contribution in [1.29, 1.82) is 0 Å². The first-order valence-electron chi connectivity index (χ1n) is 5.58. The van der Waals surface area contributed by atoms with Crippen LogP contribution in [0.25, 0.3) is 0 Å². The fourth-order valence-corrected chi connectivity index (χ4v) is 3.17. The molecule has 0 atom stereocenters. The van der Waals surface area contributed by atoms with E-state index in [1.165, 1.54) is 30.3 Å². The smallest absolute Gasteiger partial charge is 0.261 e. The van der Waals surface area contributed by atoms with Gasteiger partial charge in [0.25, 0.3) is 9.05 Å². The molecule has 0 saturated heterocycles. The zero-order chi connectivity index (χ0) is 15.6. The van der Waals surface area contributed by atoms with Crippen LogP contribution < -0.4 is 4.74 Å². The van der Waals surface area contributed by atoms with Crippen LogP contribution in [0.5, 0.6) is 5.75 Å². The van der Waals surface area contributed by atoms with Crippen molar-refractivity contribution in [1.82, 2.24) is 0 Å². The Labute approximate surface area is 139 Å². The number of hydrogen-bond acceptors (Lipinski definition) is 3. The average molecular weight is 414 g/mol. The summed E-state index contributed by atoms with van der Waals surface area (Å²) in [4.78, 5) is -0.0341.